The van der Waals surface area contributed by atoms with E-state index in [0.717, 1.165) is 28.9 Å². The van der Waals surface area contributed by atoms with Crippen molar-refractivity contribution in [2.75, 3.05) is 23.8 Å². The van der Waals surface area contributed by atoms with Gasteiger partial charge in [-0.15, -0.1) is 0 Å². The molecule has 0 bridgehead atoms. The van der Waals surface area contributed by atoms with Crippen molar-refractivity contribution >= 4 is 40.7 Å². The zero-order chi connectivity index (χ0) is 24.0. The summed E-state index contributed by atoms with van der Waals surface area (Å²) in [4.78, 5) is 27.3. The van der Waals surface area contributed by atoms with Crippen molar-refractivity contribution in [3.63, 3.8) is 0 Å². The number of amides is 2. The Labute approximate surface area is 200 Å². The van der Waals surface area contributed by atoms with E-state index in [1.54, 1.807) is 13.0 Å². The quantitative estimate of drug-likeness (QED) is 0.394. The molecule has 2 amide bonds. The highest BCUT2D eigenvalue weighted by molar-refractivity contribution is 7.80. The van der Waals surface area contributed by atoms with Crippen LogP contribution in [0.3, 0.4) is 0 Å². The molecule has 0 aliphatic carbocycles. The minimum absolute atomic E-state index is 0.278. The number of esters is 1. The van der Waals surface area contributed by atoms with Crippen LogP contribution in [0.5, 0.6) is 0 Å². The van der Waals surface area contributed by atoms with Crippen molar-refractivity contribution in [1.29, 1.82) is 0 Å². The average Bonchev–Trinajstić information content (AvgIpc) is 2.79. The Balaban J connectivity index is 1.86. The molecule has 0 radical (unpaired) electrons. The highest BCUT2D eigenvalue weighted by Gasteiger charge is 2.34. The molecule has 0 fully saturated rings. The van der Waals surface area contributed by atoms with Gasteiger partial charge in [-0.1, -0.05) is 37.3 Å². The fraction of sp³-hybridized carbons (Fsp3) is 0.320. The molecule has 174 valence electrons. The third kappa shape index (κ3) is 5.51. The van der Waals surface area contributed by atoms with Gasteiger partial charge in [-0.25, -0.2) is 9.59 Å². The number of aryl methyl sites for hydroxylation is 1. The van der Waals surface area contributed by atoms with Crippen molar-refractivity contribution in [2.24, 2.45) is 0 Å². The Morgan fingerprint density at radius 3 is 2.55 bits per heavy atom. The Morgan fingerprint density at radius 2 is 1.85 bits per heavy atom. The smallest absolute Gasteiger partial charge is 0.338 e. The van der Waals surface area contributed by atoms with Crippen LogP contribution in [0, 0.1) is 0 Å². The number of rotatable bonds is 7. The fourth-order valence-electron chi connectivity index (χ4n) is 3.92. The molecule has 1 aliphatic heterocycles. The first-order valence-corrected chi connectivity index (χ1v) is 11.5. The molecule has 8 heteroatoms. The topological polar surface area (TPSA) is 82.7 Å². The van der Waals surface area contributed by atoms with Crippen LogP contribution in [-0.2, 0) is 16.0 Å². The summed E-state index contributed by atoms with van der Waals surface area (Å²) >= 11 is 5.53. The first kappa shape index (κ1) is 24.3. The van der Waals surface area contributed by atoms with Crippen LogP contribution >= 0.6 is 12.2 Å². The second-order valence-corrected chi connectivity index (χ2v) is 7.95. The molecule has 2 aromatic rings. The van der Waals surface area contributed by atoms with Crippen molar-refractivity contribution in [1.82, 2.24) is 10.2 Å². The predicted octanol–water partition coefficient (Wildman–Crippen LogP) is 4.98. The van der Waals surface area contributed by atoms with Gasteiger partial charge >= 0.3 is 12.0 Å². The van der Waals surface area contributed by atoms with E-state index in [1.165, 1.54) is 0 Å². The maximum Gasteiger partial charge on any atom is 0.338 e. The third-order valence-electron chi connectivity index (χ3n) is 5.53. The largest absolute Gasteiger partial charge is 0.463 e. The number of hydrogen-bond donors (Lipinski definition) is 3. The van der Waals surface area contributed by atoms with Crippen LogP contribution in [0.4, 0.5) is 16.2 Å². The van der Waals surface area contributed by atoms with Crippen LogP contribution < -0.4 is 16.0 Å². The van der Waals surface area contributed by atoms with Crippen molar-refractivity contribution in [3.05, 3.63) is 70.9 Å². The number of para-hydroxylation sites is 1. The number of carbonyl (C=O) groups is 2. The van der Waals surface area contributed by atoms with Gasteiger partial charge < -0.3 is 25.6 Å². The standard InChI is InChI=1S/C25H30N4O3S/c1-5-17-11-8-9-14-20(17)27-24(31)26-19-13-10-12-18(15-19)22-21(23(30)32-7-3)16(4)29(6-2)25(33)28-22/h8-15,22H,5-7H2,1-4H3,(H,28,33)(H2,26,27,31). The zero-order valence-corrected chi connectivity index (χ0v) is 20.2. The summed E-state index contributed by atoms with van der Waals surface area (Å²) in [6, 6.07) is 14.2. The fourth-order valence-corrected chi connectivity index (χ4v) is 4.30. The van der Waals surface area contributed by atoms with E-state index < -0.39 is 6.04 Å². The normalized spacial score (nSPS) is 15.7. The van der Waals surface area contributed by atoms with E-state index in [-0.39, 0.29) is 18.6 Å². The Hall–Kier alpha value is -3.39. The summed E-state index contributed by atoms with van der Waals surface area (Å²) in [5.41, 5.74) is 4.49. The highest BCUT2D eigenvalue weighted by Crippen LogP contribution is 2.32. The highest BCUT2D eigenvalue weighted by atomic mass is 32.1. The van der Waals surface area contributed by atoms with E-state index in [2.05, 4.69) is 16.0 Å². The third-order valence-corrected chi connectivity index (χ3v) is 5.87. The summed E-state index contributed by atoms with van der Waals surface area (Å²) in [7, 11) is 0. The molecule has 2 aromatic carbocycles. The number of ether oxygens (including phenoxy) is 1. The van der Waals surface area contributed by atoms with Gasteiger partial charge in [-0.05, 0) is 68.7 Å². The molecular weight excluding hydrogens is 436 g/mol. The maximum atomic E-state index is 12.8. The zero-order valence-electron chi connectivity index (χ0n) is 19.4. The molecule has 1 aliphatic rings. The molecule has 1 heterocycles. The lowest BCUT2D eigenvalue weighted by Crippen LogP contribution is -2.47. The summed E-state index contributed by atoms with van der Waals surface area (Å²) in [6.07, 6.45) is 0.816. The van der Waals surface area contributed by atoms with Crippen molar-refractivity contribution in [2.45, 2.75) is 40.2 Å². The average molecular weight is 467 g/mol. The second-order valence-electron chi connectivity index (χ2n) is 7.56. The molecule has 7 nitrogen and oxygen atoms in total. The van der Waals surface area contributed by atoms with Gasteiger partial charge in [0, 0.05) is 23.6 Å². The summed E-state index contributed by atoms with van der Waals surface area (Å²) in [5, 5.41) is 9.58. The monoisotopic (exact) mass is 466 g/mol. The van der Waals surface area contributed by atoms with Crippen LogP contribution in [0.2, 0.25) is 0 Å². The van der Waals surface area contributed by atoms with E-state index in [4.69, 9.17) is 17.0 Å². The first-order valence-electron chi connectivity index (χ1n) is 11.1. The number of benzene rings is 2. The lowest BCUT2D eigenvalue weighted by atomic mass is 9.94. The van der Waals surface area contributed by atoms with Gasteiger partial charge in [0.1, 0.15) is 0 Å². The van der Waals surface area contributed by atoms with Crippen molar-refractivity contribution < 1.29 is 14.3 Å². The number of nitrogens with zero attached hydrogens (tertiary/aromatic N) is 1. The molecule has 0 spiro atoms. The molecule has 1 unspecified atom stereocenters. The summed E-state index contributed by atoms with van der Waals surface area (Å²) < 4.78 is 5.33. The molecular formula is C25H30N4O3S. The number of urea groups is 1. The minimum Gasteiger partial charge on any atom is -0.463 e. The Bertz CT molecular complexity index is 1080. The van der Waals surface area contributed by atoms with E-state index in [9.17, 15) is 9.59 Å². The predicted molar refractivity (Wildman–Crippen MR) is 135 cm³/mol. The summed E-state index contributed by atoms with van der Waals surface area (Å²) in [5.74, 6) is -0.388. The molecule has 1 atom stereocenters. The maximum absolute atomic E-state index is 12.8. The molecule has 0 aromatic heterocycles. The number of nitrogens with one attached hydrogen (secondary N) is 3. The van der Waals surface area contributed by atoms with Gasteiger partial charge in [0.2, 0.25) is 0 Å². The van der Waals surface area contributed by atoms with E-state index in [0.29, 0.717) is 22.9 Å². The molecule has 3 rings (SSSR count). The lowest BCUT2D eigenvalue weighted by Gasteiger charge is -2.37. The number of thiocarbonyl (C=S) groups is 1. The lowest BCUT2D eigenvalue weighted by molar-refractivity contribution is -0.139. The molecule has 33 heavy (non-hydrogen) atoms. The number of anilines is 2. The van der Waals surface area contributed by atoms with Crippen LogP contribution in [0.1, 0.15) is 44.9 Å². The van der Waals surface area contributed by atoms with Gasteiger partial charge in [0.25, 0.3) is 0 Å². The first-order chi connectivity index (χ1) is 15.9. The van der Waals surface area contributed by atoms with Gasteiger partial charge in [0.05, 0.1) is 18.2 Å². The van der Waals surface area contributed by atoms with Gasteiger partial charge in [-0.3, -0.25) is 0 Å². The van der Waals surface area contributed by atoms with Gasteiger partial charge in [-0.2, -0.15) is 0 Å². The minimum atomic E-state index is -0.482. The SMILES string of the molecule is CCOC(=O)C1=C(C)N(CC)C(=S)NC1c1cccc(NC(=O)Nc2ccccc2CC)c1. The van der Waals surface area contributed by atoms with Crippen LogP contribution in [-0.4, -0.2) is 35.2 Å². The van der Waals surface area contributed by atoms with Crippen molar-refractivity contribution in [3.8, 4) is 0 Å². The Kier molecular flexibility index (Phi) is 8.06. The van der Waals surface area contributed by atoms with Crippen LogP contribution in [0.25, 0.3) is 0 Å². The molecule has 0 saturated heterocycles. The van der Waals surface area contributed by atoms with E-state index in [1.807, 2.05) is 68.1 Å². The van der Waals surface area contributed by atoms with Gasteiger partial charge in [0.15, 0.2) is 5.11 Å². The second kappa shape index (κ2) is 11.0. The molecule has 0 saturated carbocycles. The van der Waals surface area contributed by atoms with E-state index >= 15 is 0 Å². The number of allylic oxidation sites excluding steroid dienone is 1. The Morgan fingerprint density at radius 1 is 1.09 bits per heavy atom. The van der Waals surface area contributed by atoms with Crippen LogP contribution in [0.15, 0.2) is 59.8 Å². The molecule has 3 N–H and O–H groups in total. The summed E-state index contributed by atoms with van der Waals surface area (Å²) in [6.45, 7) is 8.58. The number of hydrogen-bond acceptors (Lipinski definition) is 4. The number of carbonyl (C=O) groups excluding carboxylic acids is 2.